The van der Waals surface area contributed by atoms with Crippen LogP contribution >= 0.6 is 0 Å². The van der Waals surface area contributed by atoms with Crippen LogP contribution in [0.2, 0.25) is 0 Å². The van der Waals surface area contributed by atoms with Crippen molar-refractivity contribution in [3.8, 4) is 0 Å². The standard InChI is InChI=1S/C14H23N3/c1-11-5-4-8-17(10-11)14-7-6-12(16(2)3)9-13(14)15/h6-7,9,11H,4-5,8,10,15H2,1-3H3. The monoisotopic (exact) mass is 233 g/mol. The average molecular weight is 233 g/mol. The van der Waals surface area contributed by atoms with E-state index < -0.39 is 0 Å². The molecule has 1 aliphatic rings. The SMILES string of the molecule is CC1CCCN(c2ccc(N(C)C)cc2N)C1. The largest absolute Gasteiger partial charge is 0.397 e. The molecule has 1 aromatic carbocycles. The predicted octanol–water partition coefficient (Wildman–Crippen LogP) is 2.57. The van der Waals surface area contributed by atoms with Crippen LogP contribution in [-0.4, -0.2) is 27.2 Å². The smallest absolute Gasteiger partial charge is 0.0601 e. The molecule has 0 radical (unpaired) electrons. The molecule has 1 unspecified atom stereocenters. The molecule has 0 spiro atoms. The molecule has 94 valence electrons. The summed E-state index contributed by atoms with van der Waals surface area (Å²) in [5.41, 5.74) is 9.42. The van der Waals surface area contributed by atoms with E-state index in [0.29, 0.717) is 0 Å². The number of nitrogen functional groups attached to an aromatic ring is 1. The zero-order valence-electron chi connectivity index (χ0n) is 11.1. The predicted molar refractivity (Wildman–Crippen MR) is 75.8 cm³/mol. The average Bonchev–Trinajstić information content (AvgIpc) is 2.28. The third-order valence-electron chi connectivity index (χ3n) is 3.53. The highest BCUT2D eigenvalue weighted by molar-refractivity contribution is 5.73. The molecule has 1 heterocycles. The van der Waals surface area contributed by atoms with Gasteiger partial charge in [-0.1, -0.05) is 6.92 Å². The summed E-state index contributed by atoms with van der Waals surface area (Å²) in [6.45, 7) is 4.58. The molecule has 0 amide bonds. The van der Waals surface area contributed by atoms with Crippen LogP contribution in [0.25, 0.3) is 0 Å². The van der Waals surface area contributed by atoms with Crippen LogP contribution in [0.3, 0.4) is 0 Å². The Morgan fingerprint density at radius 2 is 2.12 bits per heavy atom. The molecule has 1 aromatic rings. The van der Waals surface area contributed by atoms with Crippen LogP contribution in [0, 0.1) is 5.92 Å². The maximum atomic E-state index is 6.17. The lowest BCUT2D eigenvalue weighted by molar-refractivity contribution is 0.447. The molecule has 3 heteroatoms. The zero-order chi connectivity index (χ0) is 12.4. The Bertz CT molecular complexity index is 387. The topological polar surface area (TPSA) is 32.5 Å². The molecule has 2 N–H and O–H groups in total. The highest BCUT2D eigenvalue weighted by atomic mass is 15.1. The number of benzene rings is 1. The van der Waals surface area contributed by atoms with Gasteiger partial charge in [-0.15, -0.1) is 0 Å². The van der Waals surface area contributed by atoms with Crippen LogP contribution in [0.15, 0.2) is 18.2 Å². The van der Waals surface area contributed by atoms with Crippen LogP contribution < -0.4 is 15.5 Å². The van der Waals surface area contributed by atoms with Crippen molar-refractivity contribution >= 4 is 17.1 Å². The zero-order valence-corrected chi connectivity index (χ0v) is 11.1. The fraction of sp³-hybridized carbons (Fsp3) is 0.571. The Morgan fingerprint density at radius 1 is 1.35 bits per heavy atom. The fourth-order valence-corrected chi connectivity index (χ4v) is 2.52. The first-order chi connectivity index (χ1) is 8.08. The van der Waals surface area contributed by atoms with E-state index in [0.717, 1.165) is 30.4 Å². The van der Waals surface area contributed by atoms with Gasteiger partial charge in [-0.25, -0.2) is 0 Å². The summed E-state index contributed by atoms with van der Waals surface area (Å²) in [5.74, 6) is 0.775. The Kier molecular flexibility index (Phi) is 3.46. The summed E-state index contributed by atoms with van der Waals surface area (Å²) in [4.78, 5) is 4.50. The van der Waals surface area contributed by atoms with E-state index in [9.17, 15) is 0 Å². The Hall–Kier alpha value is -1.38. The number of anilines is 3. The number of nitrogens with two attached hydrogens (primary N) is 1. The summed E-state index contributed by atoms with van der Waals surface area (Å²) in [7, 11) is 4.08. The lowest BCUT2D eigenvalue weighted by atomic mass is 9.99. The van der Waals surface area contributed by atoms with Gasteiger partial charge in [0.25, 0.3) is 0 Å². The van der Waals surface area contributed by atoms with Crippen molar-refractivity contribution in [2.75, 3.05) is 42.7 Å². The summed E-state index contributed by atoms with van der Waals surface area (Å²) in [6, 6.07) is 6.36. The van der Waals surface area contributed by atoms with Crippen molar-refractivity contribution in [3.63, 3.8) is 0 Å². The molecule has 3 nitrogen and oxygen atoms in total. The van der Waals surface area contributed by atoms with E-state index in [2.05, 4.69) is 34.9 Å². The van der Waals surface area contributed by atoms with E-state index in [-0.39, 0.29) is 0 Å². The first kappa shape index (κ1) is 12.1. The molecule has 0 aliphatic carbocycles. The fourth-order valence-electron chi connectivity index (χ4n) is 2.52. The second-order valence-corrected chi connectivity index (χ2v) is 5.33. The molecule has 1 atom stereocenters. The molecular weight excluding hydrogens is 210 g/mol. The van der Waals surface area contributed by atoms with E-state index in [4.69, 9.17) is 5.73 Å². The molecule has 0 aromatic heterocycles. The molecular formula is C14H23N3. The second kappa shape index (κ2) is 4.86. The van der Waals surface area contributed by atoms with Gasteiger partial charge in [0.15, 0.2) is 0 Å². The first-order valence-electron chi connectivity index (χ1n) is 6.39. The number of piperidine rings is 1. The highest BCUT2D eigenvalue weighted by Gasteiger charge is 2.18. The van der Waals surface area contributed by atoms with E-state index in [1.165, 1.54) is 18.5 Å². The molecule has 2 rings (SSSR count). The van der Waals surface area contributed by atoms with Crippen LogP contribution in [0.1, 0.15) is 19.8 Å². The summed E-state index contributed by atoms with van der Waals surface area (Å²) in [6.07, 6.45) is 2.61. The van der Waals surface area contributed by atoms with Gasteiger partial charge in [-0.3, -0.25) is 0 Å². The molecule has 17 heavy (non-hydrogen) atoms. The van der Waals surface area contributed by atoms with Gasteiger partial charge in [0.05, 0.1) is 11.4 Å². The van der Waals surface area contributed by atoms with E-state index in [1.807, 2.05) is 14.1 Å². The minimum Gasteiger partial charge on any atom is -0.397 e. The lowest BCUT2D eigenvalue weighted by Gasteiger charge is -2.33. The first-order valence-corrected chi connectivity index (χ1v) is 6.39. The second-order valence-electron chi connectivity index (χ2n) is 5.33. The van der Waals surface area contributed by atoms with Crippen LogP contribution in [0.5, 0.6) is 0 Å². The van der Waals surface area contributed by atoms with Crippen LogP contribution in [0.4, 0.5) is 17.1 Å². The van der Waals surface area contributed by atoms with Gasteiger partial charge in [0, 0.05) is 32.9 Å². The van der Waals surface area contributed by atoms with Crippen molar-refractivity contribution < 1.29 is 0 Å². The number of rotatable bonds is 2. The lowest BCUT2D eigenvalue weighted by Crippen LogP contribution is -2.34. The third-order valence-corrected chi connectivity index (χ3v) is 3.53. The normalized spacial score (nSPS) is 20.4. The third kappa shape index (κ3) is 2.65. The van der Waals surface area contributed by atoms with Crippen molar-refractivity contribution in [2.45, 2.75) is 19.8 Å². The summed E-state index contributed by atoms with van der Waals surface area (Å²) >= 11 is 0. The van der Waals surface area contributed by atoms with Gasteiger partial charge in [0.2, 0.25) is 0 Å². The van der Waals surface area contributed by atoms with Gasteiger partial charge in [0.1, 0.15) is 0 Å². The molecule has 1 fully saturated rings. The van der Waals surface area contributed by atoms with E-state index in [1.54, 1.807) is 0 Å². The Labute approximate surface area is 104 Å². The van der Waals surface area contributed by atoms with Crippen LogP contribution in [-0.2, 0) is 0 Å². The van der Waals surface area contributed by atoms with Gasteiger partial charge in [-0.2, -0.15) is 0 Å². The molecule has 0 saturated carbocycles. The maximum absolute atomic E-state index is 6.17. The number of nitrogens with zero attached hydrogens (tertiary/aromatic N) is 2. The van der Waals surface area contributed by atoms with Gasteiger partial charge < -0.3 is 15.5 Å². The summed E-state index contributed by atoms with van der Waals surface area (Å²) in [5, 5.41) is 0. The van der Waals surface area contributed by atoms with Gasteiger partial charge in [-0.05, 0) is 37.0 Å². The molecule has 1 saturated heterocycles. The van der Waals surface area contributed by atoms with Crippen molar-refractivity contribution in [3.05, 3.63) is 18.2 Å². The minimum atomic E-state index is 0.775. The molecule has 0 bridgehead atoms. The summed E-state index contributed by atoms with van der Waals surface area (Å²) < 4.78 is 0. The van der Waals surface area contributed by atoms with Crippen molar-refractivity contribution in [2.24, 2.45) is 5.92 Å². The van der Waals surface area contributed by atoms with Gasteiger partial charge >= 0.3 is 0 Å². The Balaban J connectivity index is 2.21. The Morgan fingerprint density at radius 3 is 2.71 bits per heavy atom. The highest BCUT2D eigenvalue weighted by Crippen LogP contribution is 2.30. The number of hydrogen-bond donors (Lipinski definition) is 1. The number of hydrogen-bond acceptors (Lipinski definition) is 3. The molecule has 1 aliphatic heterocycles. The van der Waals surface area contributed by atoms with Crippen molar-refractivity contribution in [1.82, 2.24) is 0 Å². The quantitative estimate of drug-likeness (QED) is 0.797. The van der Waals surface area contributed by atoms with Crippen molar-refractivity contribution in [1.29, 1.82) is 0 Å². The van der Waals surface area contributed by atoms with E-state index >= 15 is 0 Å². The minimum absolute atomic E-state index is 0.775. The maximum Gasteiger partial charge on any atom is 0.0601 e.